The number of halogens is 5. The maximum Gasteiger partial charge on any atom is 0.512 e. The van der Waals surface area contributed by atoms with Gasteiger partial charge in [0.05, 0.1) is 0 Å². The summed E-state index contributed by atoms with van der Waals surface area (Å²) in [6, 6.07) is 0. The molecule has 0 aliphatic carbocycles. The van der Waals surface area contributed by atoms with Crippen LogP contribution in [0.5, 0.6) is 0 Å². The zero-order valence-electron chi connectivity index (χ0n) is 6.62. The van der Waals surface area contributed by atoms with Crippen LogP contribution in [0.15, 0.2) is 0 Å². The van der Waals surface area contributed by atoms with Gasteiger partial charge in [0.2, 0.25) is 5.50 Å². The van der Waals surface area contributed by atoms with Crippen molar-refractivity contribution in [1.82, 2.24) is 4.13 Å². The Morgan fingerprint density at radius 2 is 1.53 bits per heavy atom. The third kappa shape index (κ3) is 3.53. The average Bonchev–Trinajstić information content (AvgIpc) is 1.98. The van der Waals surface area contributed by atoms with E-state index in [-0.39, 0.29) is 4.13 Å². The van der Waals surface area contributed by atoms with Crippen LogP contribution < -0.4 is 4.13 Å². The molecule has 0 radical (unpaired) electrons. The standard InChI is InChI=1S/C3H4F5NO4S2/c4-1-2(5)14(10,11)9-15(12,13)3(6,7)8/h2,9H,1H2. The summed E-state index contributed by atoms with van der Waals surface area (Å²) in [7, 11) is -11.8. The van der Waals surface area contributed by atoms with Gasteiger partial charge in [0.15, 0.2) is 0 Å². The summed E-state index contributed by atoms with van der Waals surface area (Å²) in [5.74, 6) is 0. The van der Waals surface area contributed by atoms with E-state index < -0.39 is 37.7 Å². The minimum absolute atomic E-state index is 0.0277. The predicted octanol–water partition coefficient (Wildman–Crippen LogP) is 0.0205. The Bertz CT molecular complexity index is 410. The van der Waals surface area contributed by atoms with E-state index in [1.165, 1.54) is 0 Å². The molecule has 0 amide bonds. The summed E-state index contributed by atoms with van der Waals surface area (Å²) in [6.07, 6.45) is 0. The molecule has 0 aromatic heterocycles. The SMILES string of the molecule is O=S(=O)(NS(=O)(=O)C(F)(F)F)C(F)CF. The van der Waals surface area contributed by atoms with Gasteiger partial charge in [-0.05, 0) is 0 Å². The van der Waals surface area contributed by atoms with Crippen molar-refractivity contribution in [1.29, 1.82) is 0 Å². The lowest BCUT2D eigenvalue weighted by atomic mass is 10.9. The largest absolute Gasteiger partial charge is 0.512 e. The van der Waals surface area contributed by atoms with Gasteiger partial charge in [-0.15, -0.1) is 0 Å². The molecule has 0 spiro atoms. The minimum atomic E-state index is -6.26. The molecule has 0 aliphatic rings. The molecular formula is C3H4F5NO4S2. The molecule has 0 fully saturated rings. The normalized spacial score (nSPS) is 16.3. The van der Waals surface area contributed by atoms with Gasteiger partial charge in [-0.3, -0.25) is 0 Å². The summed E-state index contributed by atoms with van der Waals surface area (Å²) in [5.41, 5.74) is -9.30. The number of rotatable bonds is 4. The van der Waals surface area contributed by atoms with E-state index in [2.05, 4.69) is 0 Å². The summed E-state index contributed by atoms with van der Waals surface area (Å²) >= 11 is 0. The second kappa shape index (κ2) is 4.17. The number of alkyl halides is 5. The highest BCUT2D eigenvalue weighted by Gasteiger charge is 2.49. The first-order valence-corrected chi connectivity index (χ1v) is 6.00. The Labute approximate surface area is 81.4 Å². The van der Waals surface area contributed by atoms with E-state index in [0.717, 1.165) is 0 Å². The molecule has 0 rings (SSSR count). The van der Waals surface area contributed by atoms with Crippen LogP contribution in [0.25, 0.3) is 0 Å². The van der Waals surface area contributed by atoms with E-state index in [4.69, 9.17) is 0 Å². The van der Waals surface area contributed by atoms with Crippen molar-refractivity contribution in [2.45, 2.75) is 11.0 Å². The Kier molecular flexibility index (Phi) is 4.04. The second-order valence-electron chi connectivity index (χ2n) is 2.14. The van der Waals surface area contributed by atoms with Gasteiger partial charge >= 0.3 is 15.5 Å². The average molecular weight is 277 g/mol. The first-order valence-electron chi connectivity index (χ1n) is 2.98. The van der Waals surface area contributed by atoms with Gasteiger partial charge in [-0.2, -0.15) is 13.2 Å². The zero-order chi connectivity index (χ0) is 12.5. The molecule has 0 aliphatic heterocycles. The summed E-state index contributed by atoms with van der Waals surface area (Å²) in [4.78, 5) is 0. The molecule has 92 valence electrons. The molecule has 0 aromatic carbocycles. The monoisotopic (exact) mass is 277 g/mol. The molecule has 1 N–H and O–H groups in total. The van der Waals surface area contributed by atoms with Crippen molar-refractivity contribution in [3.8, 4) is 0 Å². The van der Waals surface area contributed by atoms with Crippen molar-refractivity contribution >= 4 is 20.0 Å². The van der Waals surface area contributed by atoms with E-state index in [1.54, 1.807) is 0 Å². The molecule has 12 heteroatoms. The number of sulfonamides is 2. The van der Waals surface area contributed by atoms with Crippen LogP contribution in [0.1, 0.15) is 0 Å². The highest BCUT2D eigenvalue weighted by Crippen LogP contribution is 2.22. The highest BCUT2D eigenvalue weighted by atomic mass is 32.3. The van der Waals surface area contributed by atoms with E-state index in [9.17, 15) is 38.8 Å². The van der Waals surface area contributed by atoms with Gasteiger partial charge in [0.25, 0.3) is 10.0 Å². The molecule has 1 unspecified atom stereocenters. The topological polar surface area (TPSA) is 80.3 Å². The Morgan fingerprint density at radius 1 is 1.13 bits per heavy atom. The summed E-state index contributed by atoms with van der Waals surface area (Å²) < 4.78 is 99.7. The van der Waals surface area contributed by atoms with Crippen LogP contribution in [0.2, 0.25) is 0 Å². The lowest BCUT2D eigenvalue weighted by Crippen LogP contribution is -2.43. The Morgan fingerprint density at radius 3 is 1.80 bits per heavy atom. The lowest BCUT2D eigenvalue weighted by molar-refractivity contribution is -0.0441. The molecule has 15 heavy (non-hydrogen) atoms. The molecular weight excluding hydrogens is 273 g/mol. The molecule has 1 atom stereocenters. The number of nitrogens with one attached hydrogen (secondary N) is 1. The third-order valence-corrected chi connectivity index (χ3v) is 4.20. The second-order valence-corrected chi connectivity index (χ2v) is 5.88. The van der Waals surface area contributed by atoms with Gasteiger partial charge in [0, 0.05) is 0 Å². The van der Waals surface area contributed by atoms with Crippen LogP contribution in [0, 0.1) is 0 Å². The molecule has 0 saturated carbocycles. The van der Waals surface area contributed by atoms with E-state index in [1.807, 2.05) is 0 Å². The Balaban J connectivity index is 5.09. The molecule has 0 saturated heterocycles. The Hall–Kier alpha value is -0.490. The van der Waals surface area contributed by atoms with Gasteiger partial charge in [-0.25, -0.2) is 25.6 Å². The van der Waals surface area contributed by atoms with Gasteiger partial charge in [-0.1, -0.05) is 4.13 Å². The van der Waals surface area contributed by atoms with Crippen molar-refractivity contribution in [2.24, 2.45) is 0 Å². The van der Waals surface area contributed by atoms with Crippen molar-refractivity contribution in [3.63, 3.8) is 0 Å². The van der Waals surface area contributed by atoms with E-state index >= 15 is 0 Å². The quantitative estimate of drug-likeness (QED) is 0.735. The minimum Gasteiger partial charge on any atom is -0.247 e. The van der Waals surface area contributed by atoms with Crippen LogP contribution in [-0.4, -0.2) is 34.5 Å². The van der Waals surface area contributed by atoms with Crippen LogP contribution >= 0.6 is 0 Å². The first kappa shape index (κ1) is 14.5. The van der Waals surface area contributed by atoms with Crippen LogP contribution in [0.4, 0.5) is 22.0 Å². The first-order chi connectivity index (χ1) is 6.44. The molecule has 0 aromatic rings. The van der Waals surface area contributed by atoms with Crippen molar-refractivity contribution in [3.05, 3.63) is 0 Å². The zero-order valence-corrected chi connectivity index (χ0v) is 8.26. The lowest BCUT2D eigenvalue weighted by Gasteiger charge is -2.10. The maximum atomic E-state index is 12.2. The maximum absolute atomic E-state index is 12.2. The van der Waals surface area contributed by atoms with Crippen molar-refractivity contribution in [2.75, 3.05) is 6.67 Å². The smallest absolute Gasteiger partial charge is 0.247 e. The van der Waals surface area contributed by atoms with Crippen molar-refractivity contribution < 1.29 is 38.8 Å². The molecule has 0 bridgehead atoms. The number of hydrogen-bond donors (Lipinski definition) is 1. The fourth-order valence-corrected chi connectivity index (χ4v) is 2.52. The van der Waals surface area contributed by atoms with Crippen LogP contribution in [-0.2, 0) is 20.0 Å². The van der Waals surface area contributed by atoms with E-state index in [0.29, 0.717) is 0 Å². The molecule has 5 nitrogen and oxygen atoms in total. The molecule has 0 heterocycles. The highest BCUT2D eigenvalue weighted by molar-refractivity contribution is 8.05. The number of hydrogen-bond acceptors (Lipinski definition) is 4. The van der Waals surface area contributed by atoms with Gasteiger partial charge in [0.1, 0.15) is 6.67 Å². The summed E-state index contributed by atoms with van der Waals surface area (Å²) in [5, 5.41) is 0. The third-order valence-electron chi connectivity index (χ3n) is 0.989. The summed E-state index contributed by atoms with van der Waals surface area (Å²) in [6.45, 7) is -2.16. The fraction of sp³-hybridized carbons (Fsp3) is 1.00. The van der Waals surface area contributed by atoms with Crippen LogP contribution in [0.3, 0.4) is 0 Å². The predicted molar refractivity (Wildman–Crippen MR) is 37.9 cm³/mol. The fourth-order valence-electron chi connectivity index (χ4n) is 0.335. The van der Waals surface area contributed by atoms with Gasteiger partial charge < -0.3 is 0 Å².